The number of aromatic nitrogens is 4. The molecule has 3 aliphatic rings. The van der Waals surface area contributed by atoms with Crippen molar-refractivity contribution >= 4 is 39.9 Å². The quantitative estimate of drug-likeness (QED) is 0.332. The monoisotopic (exact) mass is 595 g/mol. The van der Waals surface area contributed by atoms with Gasteiger partial charge in [0, 0.05) is 80.5 Å². The van der Waals surface area contributed by atoms with Crippen LogP contribution >= 0.6 is 0 Å². The summed E-state index contributed by atoms with van der Waals surface area (Å²) < 4.78 is 5.48. The molecule has 2 aromatic heterocycles. The van der Waals surface area contributed by atoms with Gasteiger partial charge in [-0.3, -0.25) is 19.6 Å². The summed E-state index contributed by atoms with van der Waals surface area (Å²) in [5.41, 5.74) is 3.81. The van der Waals surface area contributed by atoms with Crippen LogP contribution < -0.4 is 15.1 Å². The number of piperazine rings is 1. The van der Waals surface area contributed by atoms with Crippen molar-refractivity contribution in [2.75, 3.05) is 87.2 Å². The molecule has 0 spiro atoms. The van der Waals surface area contributed by atoms with Crippen LogP contribution in [0.25, 0.3) is 22.3 Å². The van der Waals surface area contributed by atoms with E-state index in [1.54, 1.807) is 12.4 Å². The lowest BCUT2D eigenvalue weighted by Gasteiger charge is -2.36. The fourth-order valence-corrected chi connectivity index (χ4v) is 6.30. The molecule has 5 heterocycles. The Hall–Kier alpha value is -4.55. The van der Waals surface area contributed by atoms with Crippen LogP contribution in [-0.2, 0) is 14.3 Å². The first-order chi connectivity index (χ1) is 21.6. The Labute approximate surface area is 256 Å². The number of carbonyl (C=O) groups excluding carboxylic acids is 2. The van der Waals surface area contributed by atoms with Crippen LogP contribution in [0.4, 0.5) is 17.2 Å². The third-order valence-corrected chi connectivity index (χ3v) is 8.81. The number of nitrogens with zero attached hydrogens (tertiary/aromatic N) is 7. The maximum Gasteiger partial charge on any atom is 0.236 e. The highest BCUT2D eigenvalue weighted by Crippen LogP contribution is 2.28. The number of hydrogen-bond acceptors (Lipinski definition) is 9. The van der Waals surface area contributed by atoms with Gasteiger partial charge in [-0.2, -0.15) is 5.10 Å². The fourth-order valence-electron chi connectivity index (χ4n) is 6.30. The number of H-pyrrole nitrogens is 1. The topological polar surface area (TPSA) is 123 Å². The SMILES string of the molecule is O=C(Nc1ccc2[nH]nc(N3CCOCC3)c2c1)C1CCN(CC(=O)N2CCN(c3ccc(-c4ncccn4)cc3)CC2)C1. The Bertz CT molecular complexity index is 1600. The molecular formula is C32H37N9O3. The molecule has 7 rings (SSSR count). The number of fused-ring (bicyclic) bond motifs is 1. The van der Waals surface area contributed by atoms with Crippen LogP contribution in [0.15, 0.2) is 60.9 Å². The first-order valence-electron chi connectivity index (χ1n) is 15.3. The number of rotatable bonds is 7. The molecule has 0 bridgehead atoms. The number of likely N-dealkylation sites (tertiary alicyclic amines) is 1. The maximum atomic E-state index is 13.2. The van der Waals surface area contributed by atoms with E-state index in [2.05, 4.69) is 52.3 Å². The van der Waals surface area contributed by atoms with Gasteiger partial charge in [-0.1, -0.05) is 0 Å². The minimum Gasteiger partial charge on any atom is -0.378 e. The first-order valence-corrected chi connectivity index (χ1v) is 15.3. The average Bonchev–Trinajstić information content (AvgIpc) is 3.73. The predicted octanol–water partition coefficient (Wildman–Crippen LogP) is 2.47. The minimum absolute atomic E-state index is 0.00539. The second kappa shape index (κ2) is 12.6. The first kappa shape index (κ1) is 28.2. The van der Waals surface area contributed by atoms with E-state index in [0.29, 0.717) is 45.2 Å². The van der Waals surface area contributed by atoms with Gasteiger partial charge >= 0.3 is 0 Å². The van der Waals surface area contributed by atoms with Crippen LogP contribution in [-0.4, -0.2) is 114 Å². The van der Waals surface area contributed by atoms with Gasteiger partial charge in [0.25, 0.3) is 0 Å². The average molecular weight is 596 g/mol. The van der Waals surface area contributed by atoms with Crippen molar-refractivity contribution in [2.24, 2.45) is 5.92 Å². The zero-order valence-corrected chi connectivity index (χ0v) is 24.7. The molecule has 0 radical (unpaired) electrons. The largest absolute Gasteiger partial charge is 0.378 e. The van der Waals surface area contributed by atoms with E-state index in [9.17, 15) is 9.59 Å². The van der Waals surface area contributed by atoms with Gasteiger partial charge in [0.05, 0.1) is 31.2 Å². The van der Waals surface area contributed by atoms with Crippen LogP contribution in [0, 0.1) is 5.92 Å². The lowest BCUT2D eigenvalue weighted by molar-refractivity contribution is -0.132. The van der Waals surface area contributed by atoms with Gasteiger partial charge in [-0.25, -0.2) is 9.97 Å². The Morgan fingerprint density at radius 2 is 1.68 bits per heavy atom. The third kappa shape index (κ3) is 6.08. The molecule has 0 saturated carbocycles. The summed E-state index contributed by atoms with van der Waals surface area (Å²) in [5, 5.41) is 11.7. The normalized spacial score (nSPS) is 19.5. The number of anilines is 3. The highest BCUT2D eigenvalue weighted by atomic mass is 16.5. The predicted molar refractivity (Wildman–Crippen MR) is 169 cm³/mol. The van der Waals surface area contributed by atoms with E-state index in [1.807, 2.05) is 41.3 Å². The van der Waals surface area contributed by atoms with Gasteiger partial charge in [0.2, 0.25) is 11.8 Å². The van der Waals surface area contributed by atoms with E-state index >= 15 is 0 Å². The highest BCUT2D eigenvalue weighted by molar-refractivity contribution is 5.98. The molecule has 228 valence electrons. The molecule has 12 nitrogen and oxygen atoms in total. The van der Waals surface area contributed by atoms with E-state index < -0.39 is 0 Å². The molecule has 2 aromatic carbocycles. The number of carbonyl (C=O) groups is 2. The molecule has 1 atom stereocenters. The molecule has 2 amide bonds. The van der Waals surface area contributed by atoms with Crippen molar-refractivity contribution in [2.45, 2.75) is 6.42 Å². The molecule has 1 unspecified atom stereocenters. The Morgan fingerprint density at radius 1 is 0.909 bits per heavy atom. The van der Waals surface area contributed by atoms with E-state index in [4.69, 9.17) is 4.74 Å². The minimum atomic E-state index is -0.150. The molecular weight excluding hydrogens is 558 g/mol. The summed E-state index contributed by atoms with van der Waals surface area (Å²) in [7, 11) is 0. The lowest BCUT2D eigenvalue weighted by Crippen LogP contribution is -2.51. The Balaban J connectivity index is 0.886. The number of ether oxygens (including phenoxy) is 1. The number of morpholine rings is 1. The fraction of sp³-hybridized carbons (Fsp3) is 0.406. The summed E-state index contributed by atoms with van der Waals surface area (Å²) in [6.07, 6.45) is 4.23. The van der Waals surface area contributed by atoms with Crippen LogP contribution in [0.1, 0.15) is 6.42 Å². The van der Waals surface area contributed by atoms with Gasteiger partial charge in [-0.15, -0.1) is 0 Å². The van der Waals surface area contributed by atoms with Crippen molar-refractivity contribution in [1.82, 2.24) is 30.0 Å². The highest BCUT2D eigenvalue weighted by Gasteiger charge is 2.31. The van der Waals surface area contributed by atoms with Crippen LogP contribution in [0.5, 0.6) is 0 Å². The lowest BCUT2D eigenvalue weighted by atomic mass is 10.1. The van der Waals surface area contributed by atoms with Gasteiger partial charge in [0.1, 0.15) is 0 Å². The van der Waals surface area contributed by atoms with Crippen molar-refractivity contribution < 1.29 is 14.3 Å². The van der Waals surface area contributed by atoms with E-state index in [1.165, 1.54) is 0 Å². The third-order valence-electron chi connectivity index (χ3n) is 8.81. The van der Waals surface area contributed by atoms with Gasteiger partial charge in [0.15, 0.2) is 11.6 Å². The van der Waals surface area contributed by atoms with Crippen LogP contribution in [0.3, 0.4) is 0 Å². The standard InChI is InChI=1S/C32H37N9O3/c42-29(40-14-12-39(13-15-40)26-5-2-23(3-6-26)30-33-9-1-10-34-30)22-38-11-8-24(21-38)32(43)35-25-4-7-28-27(20-25)31(37-36-28)41-16-18-44-19-17-41/h1-7,9-10,20,24H,8,11-19,21-22H2,(H,35,43)(H,36,37). The van der Waals surface area contributed by atoms with Crippen molar-refractivity contribution in [1.29, 1.82) is 0 Å². The number of nitrogens with one attached hydrogen (secondary N) is 2. The summed E-state index contributed by atoms with van der Waals surface area (Å²) in [6, 6.07) is 15.9. The van der Waals surface area contributed by atoms with Crippen molar-refractivity contribution in [3.8, 4) is 11.4 Å². The molecule has 3 fully saturated rings. The van der Waals surface area contributed by atoms with Crippen molar-refractivity contribution in [3.63, 3.8) is 0 Å². The van der Waals surface area contributed by atoms with E-state index in [0.717, 1.165) is 72.8 Å². The smallest absolute Gasteiger partial charge is 0.236 e. The van der Waals surface area contributed by atoms with E-state index in [-0.39, 0.29) is 17.7 Å². The summed E-state index contributed by atoms with van der Waals surface area (Å²) >= 11 is 0. The van der Waals surface area contributed by atoms with Gasteiger partial charge in [-0.05, 0) is 61.5 Å². The zero-order chi connectivity index (χ0) is 29.9. The summed E-state index contributed by atoms with van der Waals surface area (Å²) in [4.78, 5) is 43.5. The summed E-state index contributed by atoms with van der Waals surface area (Å²) in [5.74, 6) is 1.58. The summed E-state index contributed by atoms with van der Waals surface area (Å²) in [6.45, 7) is 7.56. The Morgan fingerprint density at radius 3 is 2.45 bits per heavy atom. The number of amides is 2. The molecule has 3 aliphatic heterocycles. The molecule has 44 heavy (non-hydrogen) atoms. The van der Waals surface area contributed by atoms with Crippen molar-refractivity contribution in [3.05, 3.63) is 60.9 Å². The number of benzene rings is 2. The molecule has 2 N–H and O–H groups in total. The molecule has 3 saturated heterocycles. The Kier molecular flexibility index (Phi) is 8.08. The maximum absolute atomic E-state index is 13.2. The molecule has 12 heteroatoms. The molecule has 4 aromatic rings. The molecule has 0 aliphatic carbocycles. The second-order valence-electron chi connectivity index (χ2n) is 11.6. The number of hydrogen-bond donors (Lipinski definition) is 2. The number of aromatic amines is 1. The van der Waals surface area contributed by atoms with Gasteiger partial charge < -0.3 is 24.8 Å². The second-order valence-corrected chi connectivity index (χ2v) is 11.6. The van der Waals surface area contributed by atoms with Crippen LogP contribution in [0.2, 0.25) is 0 Å². The zero-order valence-electron chi connectivity index (χ0n) is 24.7.